The number of benzene rings is 1. The second kappa shape index (κ2) is 12.0. The van der Waals surface area contributed by atoms with Gasteiger partial charge in [-0.05, 0) is 38.1 Å². The maximum atomic E-state index is 13.0. The minimum absolute atomic E-state index is 0.00508. The fourth-order valence-corrected chi connectivity index (χ4v) is 4.23. The number of aromatic carboxylic acids is 1. The molecule has 186 valence electrons. The van der Waals surface area contributed by atoms with Gasteiger partial charge in [0.15, 0.2) is 0 Å². The van der Waals surface area contributed by atoms with Gasteiger partial charge >= 0.3 is 5.97 Å². The first-order valence-corrected chi connectivity index (χ1v) is 11.7. The summed E-state index contributed by atoms with van der Waals surface area (Å²) in [7, 11) is 1.96. The summed E-state index contributed by atoms with van der Waals surface area (Å²) in [4.78, 5) is 28.1. The second-order valence-corrected chi connectivity index (χ2v) is 9.16. The van der Waals surface area contributed by atoms with Crippen molar-refractivity contribution in [2.75, 3.05) is 26.7 Å². The van der Waals surface area contributed by atoms with Crippen LogP contribution in [0.4, 0.5) is 0 Å². The second-order valence-electron chi connectivity index (χ2n) is 9.16. The van der Waals surface area contributed by atoms with Crippen LogP contribution in [-0.2, 0) is 29.2 Å². The first kappa shape index (κ1) is 25.8. The van der Waals surface area contributed by atoms with Gasteiger partial charge < -0.3 is 19.8 Å². The third-order valence-electron chi connectivity index (χ3n) is 6.26. The standard InChI is InChI=1S/C24H35N5O5/c1-17-12-28(18(2)15-30)23(31)8-5-9-29-21(11-25-26-29)16-34-22(17)14-27(3)13-19-6-4-7-20(10-19)24(32)33/h4,6-7,10-11,17-18,22,30H,5,8-9,12-16H2,1-3H3,(H,32,33)/t17-,18-,22+/m0/s1. The highest BCUT2D eigenvalue weighted by molar-refractivity contribution is 5.87. The molecule has 2 aromatic rings. The lowest BCUT2D eigenvalue weighted by molar-refractivity contribution is -0.136. The van der Waals surface area contributed by atoms with Gasteiger partial charge in [0.1, 0.15) is 0 Å². The number of carboxylic acids is 1. The van der Waals surface area contributed by atoms with E-state index >= 15 is 0 Å². The predicted octanol–water partition coefficient (Wildman–Crippen LogP) is 1.63. The van der Waals surface area contributed by atoms with Crippen molar-refractivity contribution < 1.29 is 24.5 Å². The molecule has 10 nitrogen and oxygen atoms in total. The Hall–Kier alpha value is -2.82. The van der Waals surface area contributed by atoms with E-state index in [1.807, 2.05) is 20.0 Å². The molecule has 34 heavy (non-hydrogen) atoms. The van der Waals surface area contributed by atoms with Crippen molar-refractivity contribution >= 4 is 11.9 Å². The molecule has 2 N–H and O–H groups in total. The lowest BCUT2D eigenvalue weighted by Crippen LogP contribution is -2.47. The lowest BCUT2D eigenvalue weighted by atomic mass is 10.0. The number of rotatable bonds is 7. The van der Waals surface area contributed by atoms with Gasteiger partial charge in [0.2, 0.25) is 5.91 Å². The molecular weight excluding hydrogens is 438 g/mol. The Morgan fingerprint density at radius 2 is 2.18 bits per heavy atom. The molecular formula is C24H35N5O5. The highest BCUT2D eigenvalue weighted by Gasteiger charge is 2.28. The number of likely N-dealkylation sites (N-methyl/N-ethyl adjacent to an activating group) is 1. The number of aliphatic hydroxyl groups excluding tert-OH is 1. The summed E-state index contributed by atoms with van der Waals surface area (Å²) >= 11 is 0. The van der Waals surface area contributed by atoms with Crippen LogP contribution in [0.2, 0.25) is 0 Å². The van der Waals surface area contributed by atoms with Gasteiger partial charge in [-0.15, -0.1) is 5.10 Å². The monoisotopic (exact) mass is 473 g/mol. The number of fused-ring (bicyclic) bond motifs is 1. The maximum Gasteiger partial charge on any atom is 0.335 e. The summed E-state index contributed by atoms with van der Waals surface area (Å²) in [5.41, 5.74) is 2.02. The number of nitrogens with zero attached hydrogens (tertiary/aromatic N) is 5. The van der Waals surface area contributed by atoms with Crippen LogP contribution in [0.3, 0.4) is 0 Å². The van der Waals surface area contributed by atoms with Gasteiger partial charge in [0, 0.05) is 38.5 Å². The molecule has 1 aliphatic heterocycles. The average molecular weight is 474 g/mol. The third kappa shape index (κ3) is 6.85. The number of aryl methyl sites for hydroxylation is 1. The van der Waals surface area contributed by atoms with Crippen molar-refractivity contribution in [2.45, 2.75) is 58.5 Å². The minimum Gasteiger partial charge on any atom is -0.478 e. The normalized spacial score (nSPS) is 21.0. The van der Waals surface area contributed by atoms with E-state index < -0.39 is 5.97 Å². The first-order chi connectivity index (χ1) is 16.3. The Balaban J connectivity index is 1.77. The highest BCUT2D eigenvalue weighted by Crippen LogP contribution is 2.19. The topological polar surface area (TPSA) is 121 Å². The Morgan fingerprint density at radius 3 is 2.91 bits per heavy atom. The molecule has 10 heteroatoms. The number of aromatic nitrogens is 3. The number of hydrogen-bond donors (Lipinski definition) is 2. The molecule has 0 unspecified atom stereocenters. The summed E-state index contributed by atoms with van der Waals surface area (Å²) in [5.74, 6) is -0.948. The van der Waals surface area contributed by atoms with Crippen molar-refractivity contribution in [3.05, 3.63) is 47.3 Å². The fraction of sp³-hybridized carbons (Fsp3) is 0.583. The number of aliphatic hydroxyl groups is 1. The Bertz CT molecular complexity index is 965. The summed E-state index contributed by atoms with van der Waals surface area (Å²) in [6.45, 7) is 6.35. The van der Waals surface area contributed by atoms with Gasteiger partial charge in [-0.3, -0.25) is 9.69 Å². The Kier molecular flexibility index (Phi) is 9.14. The number of amides is 1. The van der Waals surface area contributed by atoms with Gasteiger partial charge in [0.05, 0.1) is 42.8 Å². The SMILES string of the molecule is C[C@H]1CN([C@@H](C)CO)C(=O)CCCn2nncc2CO[C@@H]1CN(C)Cc1cccc(C(=O)O)c1. The summed E-state index contributed by atoms with van der Waals surface area (Å²) in [5, 5.41) is 27.1. The first-order valence-electron chi connectivity index (χ1n) is 11.7. The molecule has 1 amide bonds. The molecule has 0 fully saturated rings. The zero-order chi connectivity index (χ0) is 24.7. The molecule has 0 saturated heterocycles. The van der Waals surface area contributed by atoms with E-state index in [0.29, 0.717) is 45.6 Å². The number of ether oxygens (including phenoxy) is 1. The Morgan fingerprint density at radius 1 is 1.38 bits per heavy atom. The average Bonchev–Trinajstić information content (AvgIpc) is 3.26. The Labute approximate surface area is 200 Å². The van der Waals surface area contributed by atoms with Crippen LogP contribution in [0.1, 0.15) is 48.3 Å². The number of carbonyl (C=O) groups is 2. The zero-order valence-corrected chi connectivity index (χ0v) is 20.1. The smallest absolute Gasteiger partial charge is 0.335 e. The van der Waals surface area contributed by atoms with E-state index in [4.69, 9.17) is 4.74 Å². The van der Waals surface area contributed by atoms with Crippen molar-refractivity contribution in [3.63, 3.8) is 0 Å². The van der Waals surface area contributed by atoms with Crippen molar-refractivity contribution in [2.24, 2.45) is 5.92 Å². The van der Waals surface area contributed by atoms with Crippen LogP contribution >= 0.6 is 0 Å². The molecule has 3 atom stereocenters. The van der Waals surface area contributed by atoms with Gasteiger partial charge in [-0.1, -0.05) is 24.3 Å². The molecule has 1 aromatic heterocycles. The molecule has 0 bridgehead atoms. The minimum atomic E-state index is -0.950. The van der Waals surface area contributed by atoms with E-state index in [0.717, 1.165) is 11.3 Å². The summed E-state index contributed by atoms with van der Waals surface area (Å²) < 4.78 is 8.12. The molecule has 0 spiro atoms. The predicted molar refractivity (Wildman–Crippen MR) is 125 cm³/mol. The van der Waals surface area contributed by atoms with Crippen LogP contribution in [0.25, 0.3) is 0 Å². The van der Waals surface area contributed by atoms with Gasteiger partial charge in [0.25, 0.3) is 0 Å². The maximum absolute atomic E-state index is 13.0. The van der Waals surface area contributed by atoms with E-state index in [9.17, 15) is 19.8 Å². The van der Waals surface area contributed by atoms with E-state index in [1.54, 1.807) is 34.0 Å². The molecule has 1 aromatic carbocycles. The van der Waals surface area contributed by atoms with Crippen LogP contribution in [0.15, 0.2) is 30.5 Å². The number of carbonyl (C=O) groups excluding carboxylic acids is 1. The van der Waals surface area contributed by atoms with Gasteiger partial charge in [-0.25, -0.2) is 9.48 Å². The molecule has 2 heterocycles. The van der Waals surface area contributed by atoms with Crippen LogP contribution in [0.5, 0.6) is 0 Å². The quantitative estimate of drug-likeness (QED) is 0.623. The largest absolute Gasteiger partial charge is 0.478 e. The van der Waals surface area contributed by atoms with E-state index in [1.165, 1.54) is 0 Å². The van der Waals surface area contributed by atoms with E-state index in [-0.39, 0.29) is 36.1 Å². The number of hydrogen-bond acceptors (Lipinski definition) is 7. The fourth-order valence-electron chi connectivity index (χ4n) is 4.23. The molecule has 0 aliphatic carbocycles. The van der Waals surface area contributed by atoms with Crippen LogP contribution in [0, 0.1) is 5.92 Å². The molecule has 0 saturated carbocycles. The van der Waals surface area contributed by atoms with Crippen molar-refractivity contribution in [3.8, 4) is 0 Å². The summed E-state index contributed by atoms with van der Waals surface area (Å²) in [6, 6.07) is 6.63. The van der Waals surface area contributed by atoms with Crippen molar-refractivity contribution in [1.82, 2.24) is 24.8 Å². The number of carboxylic acid groups (broad SMARTS) is 1. The zero-order valence-electron chi connectivity index (χ0n) is 20.1. The summed E-state index contributed by atoms with van der Waals surface area (Å²) in [6.07, 6.45) is 2.49. The van der Waals surface area contributed by atoms with Crippen LogP contribution in [-0.4, -0.2) is 85.8 Å². The molecule has 0 radical (unpaired) electrons. The highest BCUT2D eigenvalue weighted by atomic mass is 16.5. The molecule has 3 rings (SSSR count). The van der Waals surface area contributed by atoms with Gasteiger partial charge in [-0.2, -0.15) is 0 Å². The van der Waals surface area contributed by atoms with Crippen molar-refractivity contribution in [1.29, 1.82) is 0 Å². The molecule has 1 aliphatic rings. The van der Waals surface area contributed by atoms with Crippen LogP contribution < -0.4 is 0 Å². The lowest BCUT2D eigenvalue weighted by Gasteiger charge is -2.35. The van der Waals surface area contributed by atoms with E-state index in [2.05, 4.69) is 22.1 Å². The third-order valence-corrected chi connectivity index (χ3v) is 6.26.